The number of aryl methyl sites for hydroxylation is 2. The summed E-state index contributed by atoms with van der Waals surface area (Å²) in [6.07, 6.45) is -0.269. The van der Waals surface area contributed by atoms with Crippen LogP contribution in [0, 0.1) is 19.8 Å². The van der Waals surface area contributed by atoms with E-state index in [-0.39, 0.29) is 17.8 Å². The highest BCUT2D eigenvalue weighted by Gasteiger charge is 2.21. The first-order valence-electron chi connectivity index (χ1n) is 11.8. The highest BCUT2D eigenvalue weighted by atomic mass is 32.2. The number of nitrogens with one attached hydrogen (secondary N) is 1. The second kappa shape index (κ2) is 11.6. The van der Waals surface area contributed by atoms with Crippen molar-refractivity contribution < 1.29 is 9.53 Å². The van der Waals surface area contributed by atoms with Crippen molar-refractivity contribution in [1.82, 2.24) is 14.8 Å². The Labute approximate surface area is 207 Å². The van der Waals surface area contributed by atoms with E-state index in [2.05, 4.69) is 59.9 Å². The molecule has 2 aromatic carbocycles. The van der Waals surface area contributed by atoms with Crippen LogP contribution < -0.4 is 10.1 Å². The first kappa shape index (κ1) is 25.8. The largest absolute Gasteiger partial charge is 0.483 e. The third-order valence-electron chi connectivity index (χ3n) is 5.52. The molecular formula is C27H36N4O2S. The van der Waals surface area contributed by atoms with E-state index >= 15 is 0 Å². The molecule has 6 nitrogen and oxygen atoms in total. The van der Waals surface area contributed by atoms with Crippen LogP contribution in [0.1, 0.15) is 69.2 Å². The standard InChI is InChI=1S/C27H36N4O2S/c1-17(2)15-31-26(21(7)33-23-12-10-22(11-13-23)18(3)4)29-30-27(31)34-16-25(32)28-24-14-19(5)8-9-20(24)6/h8-14,17-18,21H,15-16H2,1-7H3,(H,28,32). The van der Waals surface area contributed by atoms with Gasteiger partial charge >= 0.3 is 0 Å². The second-order valence-corrected chi connectivity index (χ2v) is 10.4. The molecule has 1 heterocycles. The average molecular weight is 481 g/mol. The first-order valence-corrected chi connectivity index (χ1v) is 12.8. The molecule has 1 N–H and O–H groups in total. The average Bonchev–Trinajstić information content (AvgIpc) is 3.17. The molecule has 34 heavy (non-hydrogen) atoms. The van der Waals surface area contributed by atoms with Gasteiger partial charge in [-0.1, -0.05) is 63.7 Å². The van der Waals surface area contributed by atoms with E-state index in [9.17, 15) is 4.79 Å². The smallest absolute Gasteiger partial charge is 0.234 e. The van der Waals surface area contributed by atoms with Crippen molar-refractivity contribution in [3.63, 3.8) is 0 Å². The van der Waals surface area contributed by atoms with E-state index in [0.717, 1.165) is 40.1 Å². The number of carbonyl (C=O) groups excluding carboxylic acids is 1. The molecule has 1 amide bonds. The maximum absolute atomic E-state index is 12.6. The maximum atomic E-state index is 12.6. The van der Waals surface area contributed by atoms with Gasteiger partial charge in [0.05, 0.1) is 5.75 Å². The SMILES string of the molecule is Cc1ccc(C)c(NC(=O)CSc2nnc(C(C)Oc3ccc(C(C)C)cc3)n2CC(C)C)c1. The van der Waals surface area contributed by atoms with Gasteiger partial charge in [-0.2, -0.15) is 0 Å². The van der Waals surface area contributed by atoms with Crippen LogP contribution in [0.15, 0.2) is 47.6 Å². The minimum atomic E-state index is -0.269. The molecule has 1 unspecified atom stereocenters. The Balaban J connectivity index is 1.70. The van der Waals surface area contributed by atoms with Gasteiger partial charge in [-0.15, -0.1) is 10.2 Å². The summed E-state index contributed by atoms with van der Waals surface area (Å²) in [6, 6.07) is 14.2. The van der Waals surface area contributed by atoms with E-state index in [1.54, 1.807) is 0 Å². The van der Waals surface area contributed by atoms with E-state index in [4.69, 9.17) is 4.74 Å². The van der Waals surface area contributed by atoms with Gasteiger partial charge < -0.3 is 14.6 Å². The molecule has 182 valence electrons. The highest BCUT2D eigenvalue weighted by molar-refractivity contribution is 7.99. The number of amides is 1. The number of carbonyl (C=O) groups is 1. The minimum Gasteiger partial charge on any atom is -0.483 e. The number of hydrogen-bond donors (Lipinski definition) is 1. The predicted octanol–water partition coefficient (Wildman–Crippen LogP) is 6.55. The van der Waals surface area contributed by atoms with Crippen molar-refractivity contribution in [3.05, 3.63) is 65.0 Å². The lowest BCUT2D eigenvalue weighted by Gasteiger charge is -2.18. The van der Waals surface area contributed by atoms with Crippen molar-refractivity contribution in [2.75, 3.05) is 11.1 Å². The zero-order valence-corrected chi connectivity index (χ0v) is 22.1. The van der Waals surface area contributed by atoms with Crippen LogP contribution >= 0.6 is 11.8 Å². The Hall–Kier alpha value is -2.80. The van der Waals surface area contributed by atoms with Crippen LogP contribution in [0.3, 0.4) is 0 Å². The molecule has 0 aliphatic carbocycles. The van der Waals surface area contributed by atoms with Crippen LogP contribution in [0.4, 0.5) is 5.69 Å². The van der Waals surface area contributed by atoms with Crippen LogP contribution in [-0.2, 0) is 11.3 Å². The quantitative estimate of drug-likeness (QED) is 0.333. The van der Waals surface area contributed by atoms with Gasteiger partial charge in [0, 0.05) is 12.2 Å². The molecular weight excluding hydrogens is 444 g/mol. The molecule has 0 fully saturated rings. The third-order valence-corrected chi connectivity index (χ3v) is 6.48. The Morgan fingerprint density at radius 1 is 1.03 bits per heavy atom. The summed E-state index contributed by atoms with van der Waals surface area (Å²) < 4.78 is 8.26. The Morgan fingerprint density at radius 2 is 1.74 bits per heavy atom. The zero-order valence-electron chi connectivity index (χ0n) is 21.3. The molecule has 0 bridgehead atoms. The molecule has 0 aliphatic heterocycles. The fourth-order valence-corrected chi connectivity index (χ4v) is 4.37. The lowest BCUT2D eigenvalue weighted by molar-refractivity contribution is -0.113. The van der Waals surface area contributed by atoms with Gasteiger partial charge in [0.1, 0.15) is 5.75 Å². The minimum absolute atomic E-state index is 0.0612. The van der Waals surface area contributed by atoms with E-state index < -0.39 is 0 Å². The van der Waals surface area contributed by atoms with Crippen LogP contribution in [-0.4, -0.2) is 26.4 Å². The topological polar surface area (TPSA) is 69.0 Å². The number of nitrogens with zero attached hydrogens (tertiary/aromatic N) is 3. The van der Waals surface area contributed by atoms with Gasteiger partial charge in [-0.25, -0.2) is 0 Å². The number of anilines is 1. The third kappa shape index (κ3) is 6.86. The predicted molar refractivity (Wildman–Crippen MR) is 140 cm³/mol. The zero-order chi connectivity index (χ0) is 24.8. The summed E-state index contributed by atoms with van der Waals surface area (Å²) in [5.41, 5.74) is 4.28. The Bertz CT molecular complexity index is 1110. The van der Waals surface area contributed by atoms with Gasteiger partial charge in [0.2, 0.25) is 5.91 Å². The number of thioether (sulfide) groups is 1. The first-order chi connectivity index (χ1) is 16.1. The summed E-state index contributed by atoms with van der Waals surface area (Å²) in [7, 11) is 0. The number of hydrogen-bond acceptors (Lipinski definition) is 5. The summed E-state index contributed by atoms with van der Waals surface area (Å²) in [4.78, 5) is 12.6. The summed E-state index contributed by atoms with van der Waals surface area (Å²) >= 11 is 1.40. The number of ether oxygens (including phenoxy) is 1. The fraction of sp³-hybridized carbons (Fsp3) is 0.444. The van der Waals surface area contributed by atoms with E-state index in [0.29, 0.717) is 11.8 Å². The van der Waals surface area contributed by atoms with Crippen LogP contribution in [0.25, 0.3) is 0 Å². The van der Waals surface area contributed by atoms with Gasteiger partial charge in [-0.3, -0.25) is 4.79 Å². The van der Waals surface area contributed by atoms with Crippen LogP contribution in [0.2, 0.25) is 0 Å². The molecule has 7 heteroatoms. The Morgan fingerprint density at radius 3 is 2.38 bits per heavy atom. The number of rotatable bonds is 10. The van der Waals surface area contributed by atoms with Crippen molar-refractivity contribution in [3.8, 4) is 5.75 Å². The van der Waals surface area contributed by atoms with Crippen molar-refractivity contribution in [2.24, 2.45) is 5.92 Å². The summed E-state index contributed by atoms with van der Waals surface area (Å²) in [5, 5.41) is 12.6. The Kier molecular flexibility index (Phi) is 8.78. The highest BCUT2D eigenvalue weighted by Crippen LogP contribution is 2.27. The monoisotopic (exact) mass is 480 g/mol. The number of aromatic nitrogens is 3. The normalized spacial score (nSPS) is 12.3. The molecule has 0 aliphatic rings. The van der Waals surface area contributed by atoms with Crippen molar-refractivity contribution in [1.29, 1.82) is 0 Å². The second-order valence-electron chi connectivity index (χ2n) is 9.48. The molecule has 3 rings (SSSR count). The molecule has 0 radical (unpaired) electrons. The molecule has 0 saturated heterocycles. The van der Waals surface area contributed by atoms with Crippen LogP contribution in [0.5, 0.6) is 5.75 Å². The van der Waals surface area contributed by atoms with E-state index in [1.165, 1.54) is 17.3 Å². The van der Waals surface area contributed by atoms with Crippen molar-refractivity contribution in [2.45, 2.75) is 72.2 Å². The molecule has 3 aromatic rings. The molecule has 0 spiro atoms. The van der Waals surface area contributed by atoms with Gasteiger partial charge in [0.25, 0.3) is 0 Å². The summed E-state index contributed by atoms with van der Waals surface area (Å²) in [5.74, 6) is 2.64. The maximum Gasteiger partial charge on any atom is 0.234 e. The summed E-state index contributed by atoms with van der Waals surface area (Å²) in [6.45, 7) is 15.4. The molecule has 0 saturated carbocycles. The van der Waals surface area contributed by atoms with Gasteiger partial charge in [-0.05, 0) is 67.5 Å². The van der Waals surface area contributed by atoms with E-state index in [1.807, 2.05) is 51.1 Å². The number of benzene rings is 2. The van der Waals surface area contributed by atoms with Crippen molar-refractivity contribution >= 4 is 23.4 Å². The molecule has 1 atom stereocenters. The molecule has 1 aromatic heterocycles. The van der Waals surface area contributed by atoms with Gasteiger partial charge in [0.15, 0.2) is 17.1 Å². The fourth-order valence-electron chi connectivity index (χ4n) is 3.62. The lowest BCUT2D eigenvalue weighted by Crippen LogP contribution is -2.17. The lowest BCUT2D eigenvalue weighted by atomic mass is 10.0.